The van der Waals surface area contributed by atoms with Crippen molar-refractivity contribution in [1.29, 1.82) is 0 Å². The maximum Gasteiger partial charge on any atom is 0.320 e. The topological polar surface area (TPSA) is 38.7 Å². The van der Waals surface area contributed by atoms with Crippen LogP contribution >= 0.6 is 0 Å². The molecule has 0 saturated heterocycles. The highest BCUT2D eigenvalue weighted by atomic mass is 16.5. The van der Waals surface area contributed by atoms with Crippen molar-refractivity contribution in [2.75, 3.05) is 13.2 Å². The van der Waals surface area contributed by atoms with Gasteiger partial charge in [0, 0.05) is 0 Å². The summed E-state index contributed by atoms with van der Waals surface area (Å²) in [6.07, 6.45) is 8.44. The van der Waals surface area contributed by atoms with Crippen LogP contribution in [0.4, 0.5) is 0 Å². The van der Waals surface area contributed by atoms with Gasteiger partial charge in [-0.15, -0.1) is 0 Å². The van der Waals surface area contributed by atoms with E-state index in [1.807, 2.05) is 36.4 Å². The third-order valence-corrected chi connectivity index (χ3v) is 4.32. The molecule has 3 nitrogen and oxygen atoms in total. The molecule has 0 unspecified atom stereocenters. The Morgan fingerprint density at radius 1 is 0.815 bits per heavy atom. The number of hydrogen-bond acceptors (Lipinski definition) is 3. The Morgan fingerprint density at radius 3 is 2.00 bits per heavy atom. The predicted molar refractivity (Wildman–Crippen MR) is 116 cm³/mol. The first kappa shape index (κ1) is 21.1. The standard InChI is InChI=1S/C23H31BO3/c1-4-6-14-26-22-12-10-19(11-13-22)8-9-20-16-21(24(3)25)18-23(17-20)27-15-7-5-2/h8-13,16-18,25H,4-7,14-15H2,1-3H3/b9-8+. The van der Waals surface area contributed by atoms with Crippen LogP contribution in [0, 0.1) is 0 Å². The fraction of sp³-hybridized carbons (Fsp3) is 0.391. The summed E-state index contributed by atoms with van der Waals surface area (Å²) in [4.78, 5) is 0. The Morgan fingerprint density at radius 2 is 1.41 bits per heavy atom. The molecule has 2 aromatic carbocycles. The minimum Gasteiger partial charge on any atom is -0.494 e. The van der Waals surface area contributed by atoms with Gasteiger partial charge in [-0.05, 0) is 53.7 Å². The summed E-state index contributed by atoms with van der Waals surface area (Å²) in [5.41, 5.74) is 2.99. The van der Waals surface area contributed by atoms with Gasteiger partial charge in [-0.3, -0.25) is 0 Å². The fourth-order valence-electron chi connectivity index (χ4n) is 2.60. The van der Waals surface area contributed by atoms with E-state index in [0.717, 1.165) is 60.4 Å². The Kier molecular flexibility index (Phi) is 8.99. The fourth-order valence-corrected chi connectivity index (χ4v) is 2.60. The molecular weight excluding hydrogens is 335 g/mol. The van der Waals surface area contributed by atoms with E-state index in [9.17, 15) is 5.02 Å². The molecular formula is C23H31BO3. The van der Waals surface area contributed by atoms with E-state index in [1.54, 1.807) is 6.82 Å². The zero-order valence-electron chi connectivity index (χ0n) is 16.8. The lowest BCUT2D eigenvalue weighted by Crippen LogP contribution is -2.26. The number of rotatable bonds is 11. The van der Waals surface area contributed by atoms with Crippen molar-refractivity contribution in [1.82, 2.24) is 0 Å². The van der Waals surface area contributed by atoms with Crippen molar-refractivity contribution in [3.8, 4) is 11.5 Å². The second-order valence-electron chi connectivity index (χ2n) is 6.82. The van der Waals surface area contributed by atoms with Gasteiger partial charge in [0.1, 0.15) is 11.5 Å². The maximum absolute atomic E-state index is 9.96. The number of ether oxygens (including phenoxy) is 2. The monoisotopic (exact) mass is 366 g/mol. The Balaban J connectivity index is 2.07. The van der Waals surface area contributed by atoms with Gasteiger partial charge in [0.2, 0.25) is 0 Å². The highest BCUT2D eigenvalue weighted by Gasteiger charge is 2.09. The van der Waals surface area contributed by atoms with Crippen LogP contribution in [-0.4, -0.2) is 25.2 Å². The third kappa shape index (κ3) is 7.52. The van der Waals surface area contributed by atoms with E-state index < -0.39 is 6.92 Å². The summed E-state index contributed by atoms with van der Waals surface area (Å²) in [5.74, 6) is 1.71. The average Bonchev–Trinajstić information content (AvgIpc) is 2.67. The molecule has 0 spiro atoms. The summed E-state index contributed by atoms with van der Waals surface area (Å²) in [6.45, 7) is 7.01. The highest BCUT2D eigenvalue weighted by Crippen LogP contribution is 2.18. The van der Waals surface area contributed by atoms with Crippen LogP contribution in [0.2, 0.25) is 6.82 Å². The summed E-state index contributed by atoms with van der Waals surface area (Å²) in [7, 11) is 0. The molecule has 0 heterocycles. The quantitative estimate of drug-likeness (QED) is 0.344. The van der Waals surface area contributed by atoms with Gasteiger partial charge in [0.05, 0.1) is 13.2 Å². The summed E-state index contributed by atoms with van der Waals surface area (Å²) < 4.78 is 11.5. The van der Waals surface area contributed by atoms with E-state index in [0.29, 0.717) is 6.61 Å². The van der Waals surface area contributed by atoms with Gasteiger partial charge in [0.15, 0.2) is 0 Å². The zero-order valence-corrected chi connectivity index (χ0v) is 16.8. The van der Waals surface area contributed by atoms with Crippen LogP contribution in [0.3, 0.4) is 0 Å². The van der Waals surface area contributed by atoms with Crippen molar-refractivity contribution < 1.29 is 14.5 Å². The van der Waals surface area contributed by atoms with E-state index >= 15 is 0 Å². The van der Waals surface area contributed by atoms with Crippen LogP contribution in [0.15, 0.2) is 42.5 Å². The molecule has 144 valence electrons. The highest BCUT2D eigenvalue weighted by molar-refractivity contribution is 6.64. The molecule has 0 bridgehead atoms. The molecule has 4 heteroatoms. The predicted octanol–water partition coefficient (Wildman–Crippen LogP) is 5.04. The lowest BCUT2D eigenvalue weighted by atomic mass is 9.64. The van der Waals surface area contributed by atoms with Crippen LogP contribution in [0.25, 0.3) is 12.2 Å². The van der Waals surface area contributed by atoms with Gasteiger partial charge >= 0.3 is 6.92 Å². The minimum atomic E-state index is -0.522. The van der Waals surface area contributed by atoms with E-state index in [4.69, 9.17) is 9.47 Å². The normalized spacial score (nSPS) is 11.0. The van der Waals surface area contributed by atoms with E-state index in [1.165, 1.54) is 0 Å². The molecule has 1 N–H and O–H groups in total. The molecule has 0 fully saturated rings. The Bertz CT molecular complexity index is 708. The second-order valence-corrected chi connectivity index (χ2v) is 6.82. The van der Waals surface area contributed by atoms with Crippen molar-refractivity contribution in [3.05, 3.63) is 53.6 Å². The van der Waals surface area contributed by atoms with Crippen LogP contribution in [0.5, 0.6) is 11.5 Å². The first-order chi connectivity index (χ1) is 13.1. The number of hydrogen-bond donors (Lipinski definition) is 1. The van der Waals surface area contributed by atoms with Gasteiger partial charge in [-0.25, -0.2) is 0 Å². The number of unbranched alkanes of at least 4 members (excludes halogenated alkanes) is 2. The van der Waals surface area contributed by atoms with Crippen molar-refractivity contribution in [2.45, 2.75) is 46.4 Å². The second kappa shape index (κ2) is 11.5. The van der Waals surface area contributed by atoms with E-state index in [2.05, 4.69) is 32.1 Å². The molecule has 2 aromatic rings. The van der Waals surface area contributed by atoms with Gasteiger partial charge in [-0.2, -0.15) is 0 Å². The first-order valence-corrected chi connectivity index (χ1v) is 9.99. The van der Waals surface area contributed by atoms with Crippen LogP contribution in [-0.2, 0) is 0 Å². The molecule has 27 heavy (non-hydrogen) atoms. The first-order valence-electron chi connectivity index (χ1n) is 9.99. The Hall–Kier alpha value is -2.20. The molecule has 0 aliphatic heterocycles. The molecule has 0 aliphatic carbocycles. The lowest BCUT2D eigenvalue weighted by molar-refractivity contribution is 0.309. The maximum atomic E-state index is 9.96. The molecule has 0 aromatic heterocycles. The van der Waals surface area contributed by atoms with Gasteiger partial charge < -0.3 is 14.5 Å². The molecule has 0 amide bonds. The van der Waals surface area contributed by atoms with Gasteiger partial charge in [0.25, 0.3) is 0 Å². The summed E-state index contributed by atoms with van der Waals surface area (Å²) in [6, 6.07) is 14.0. The molecule has 0 radical (unpaired) electrons. The molecule has 0 atom stereocenters. The number of benzene rings is 2. The van der Waals surface area contributed by atoms with Crippen LogP contribution < -0.4 is 14.9 Å². The summed E-state index contributed by atoms with van der Waals surface area (Å²) in [5, 5.41) is 9.96. The lowest BCUT2D eigenvalue weighted by Gasteiger charge is -2.10. The zero-order chi connectivity index (χ0) is 19.5. The SMILES string of the molecule is CCCCOc1ccc(/C=C/c2cc(OCCCC)cc(B(C)O)c2)cc1. The molecule has 0 saturated carbocycles. The molecule has 2 rings (SSSR count). The Labute approximate surface area is 164 Å². The smallest absolute Gasteiger partial charge is 0.320 e. The summed E-state index contributed by atoms with van der Waals surface area (Å²) >= 11 is 0. The van der Waals surface area contributed by atoms with Crippen molar-refractivity contribution in [2.24, 2.45) is 0 Å². The average molecular weight is 366 g/mol. The third-order valence-electron chi connectivity index (χ3n) is 4.32. The minimum absolute atomic E-state index is 0.522. The molecule has 0 aliphatic rings. The van der Waals surface area contributed by atoms with Crippen molar-refractivity contribution >= 4 is 24.5 Å². The van der Waals surface area contributed by atoms with Crippen molar-refractivity contribution in [3.63, 3.8) is 0 Å². The van der Waals surface area contributed by atoms with E-state index in [-0.39, 0.29) is 0 Å². The largest absolute Gasteiger partial charge is 0.494 e. The van der Waals surface area contributed by atoms with Crippen LogP contribution in [0.1, 0.15) is 50.7 Å². The van der Waals surface area contributed by atoms with Gasteiger partial charge in [-0.1, -0.05) is 63.9 Å².